The van der Waals surface area contributed by atoms with E-state index in [1.807, 2.05) is 38.2 Å². The van der Waals surface area contributed by atoms with Crippen molar-refractivity contribution in [3.8, 4) is 0 Å². The molecule has 5 nitrogen and oxygen atoms in total. The molecule has 0 aliphatic rings. The van der Waals surface area contributed by atoms with Crippen molar-refractivity contribution in [2.75, 3.05) is 13.1 Å². The molecule has 0 spiro atoms. The van der Waals surface area contributed by atoms with Crippen LogP contribution in [0.3, 0.4) is 0 Å². The van der Waals surface area contributed by atoms with E-state index in [1.165, 1.54) is 6.07 Å². The molecule has 0 radical (unpaired) electrons. The van der Waals surface area contributed by atoms with Crippen molar-refractivity contribution in [3.05, 3.63) is 65.7 Å². The Morgan fingerprint density at radius 2 is 2.00 bits per heavy atom. The van der Waals surface area contributed by atoms with Gasteiger partial charge in [0.2, 0.25) is 0 Å². The minimum Gasteiger partial charge on any atom is -0.357 e. The second kappa shape index (κ2) is 8.47. The molecular formula is C20H24FN5. The highest BCUT2D eigenvalue weighted by Gasteiger charge is 2.07. The van der Waals surface area contributed by atoms with Crippen molar-refractivity contribution in [1.29, 1.82) is 0 Å². The molecule has 2 aromatic carbocycles. The van der Waals surface area contributed by atoms with Crippen LogP contribution in [0.5, 0.6) is 0 Å². The predicted molar refractivity (Wildman–Crippen MR) is 104 cm³/mol. The molecule has 3 rings (SSSR count). The number of rotatable bonds is 6. The number of nitrogens with zero attached hydrogens (tertiary/aromatic N) is 3. The summed E-state index contributed by atoms with van der Waals surface area (Å²) < 4.78 is 15.3. The van der Waals surface area contributed by atoms with Gasteiger partial charge in [-0.05, 0) is 43.2 Å². The van der Waals surface area contributed by atoms with E-state index in [9.17, 15) is 4.39 Å². The van der Waals surface area contributed by atoms with Gasteiger partial charge >= 0.3 is 0 Å². The smallest absolute Gasteiger partial charge is 0.191 e. The molecule has 136 valence electrons. The molecule has 1 heterocycles. The molecule has 6 heteroatoms. The first kappa shape index (κ1) is 17.9. The van der Waals surface area contributed by atoms with Crippen LogP contribution in [0.15, 0.2) is 53.5 Å². The number of para-hydroxylation sites is 2. The summed E-state index contributed by atoms with van der Waals surface area (Å²) in [6, 6.07) is 14.7. The van der Waals surface area contributed by atoms with Crippen molar-refractivity contribution in [3.63, 3.8) is 0 Å². The first-order chi connectivity index (χ1) is 12.7. The van der Waals surface area contributed by atoms with Crippen molar-refractivity contribution in [1.82, 2.24) is 20.2 Å². The normalized spacial score (nSPS) is 11.7. The largest absolute Gasteiger partial charge is 0.357 e. The molecule has 0 saturated heterocycles. The average molecular weight is 353 g/mol. The van der Waals surface area contributed by atoms with Gasteiger partial charge in [0, 0.05) is 20.1 Å². The first-order valence-electron chi connectivity index (χ1n) is 8.84. The van der Waals surface area contributed by atoms with Gasteiger partial charge in [0.25, 0.3) is 0 Å². The summed E-state index contributed by atoms with van der Waals surface area (Å²) in [6.45, 7) is 3.96. The Hall–Kier alpha value is -2.89. The van der Waals surface area contributed by atoms with Crippen LogP contribution in [-0.2, 0) is 20.0 Å². The lowest BCUT2D eigenvalue weighted by Crippen LogP contribution is -2.38. The molecule has 0 aliphatic carbocycles. The lowest BCUT2D eigenvalue weighted by atomic mass is 10.1. The topological polar surface area (TPSA) is 54.2 Å². The lowest BCUT2D eigenvalue weighted by molar-refractivity contribution is 0.625. The molecule has 26 heavy (non-hydrogen) atoms. The van der Waals surface area contributed by atoms with E-state index in [-0.39, 0.29) is 5.82 Å². The molecule has 0 unspecified atom stereocenters. The van der Waals surface area contributed by atoms with Gasteiger partial charge in [0.05, 0.1) is 11.0 Å². The minimum absolute atomic E-state index is 0.204. The predicted octanol–water partition coefficient (Wildman–Crippen LogP) is 3.01. The molecule has 1 aromatic heterocycles. The van der Waals surface area contributed by atoms with Crippen molar-refractivity contribution in [2.24, 2.45) is 12.0 Å². The first-order valence-corrected chi connectivity index (χ1v) is 8.84. The Morgan fingerprint density at radius 1 is 1.15 bits per heavy atom. The van der Waals surface area contributed by atoms with Crippen molar-refractivity contribution < 1.29 is 4.39 Å². The third kappa shape index (κ3) is 4.39. The van der Waals surface area contributed by atoms with E-state index >= 15 is 0 Å². The van der Waals surface area contributed by atoms with E-state index in [0.29, 0.717) is 13.1 Å². The maximum atomic E-state index is 13.2. The second-order valence-corrected chi connectivity index (χ2v) is 6.08. The van der Waals surface area contributed by atoms with Crippen LogP contribution >= 0.6 is 0 Å². The zero-order chi connectivity index (χ0) is 18.4. The summed E-state index contributed by atoms with van der Waals surface area (Å²) in [5, 5.41) is 6.52. The number of guanidine groups is 1. The van der Waals surface area contributed by atoms with Crippen LogP contribution in [0.1, 0.15) is 18.3 Å². The Kier molecular flexibility index (Phi) is 5.84. The number of hydrogen-bond acceptors (Lipinski definition) is 2. The average Bonchev–Trinajstić information content (AvgIpc) is 2.96. The van der Waals surface area contributed by atoms with Crippen LogP contribution < -0.4 is 10.6 Å². The number of benzene rings is 2. The highest BCUT2D eigenvalue weighted by molar-refractivity contribution is 5.80. The van der Waals surface area contributed by atoms with Gasteiger partial charge in [-0.3, -0.25) is 0 Å². The highest BCUT2D eigenvalue weighted by Crippen LogP contribution is 2.14. The molecule has 0 amide bonds. The van der Waals surface area contributed by atoms with Gasteiger partial charge in [-0.15, -0.1) is 0 Å². The molecule has 3 aromatic rings. The molecule has 0 atom stereocenters. The summed E-state index contributed by atoms with van der Waals surface area (Å²) in [4.78, 5) is 9.27. The molecule has 2 N–H and O–H groups in total. The quantitative estimate of drug-likeness (QED) is 0.529. The Morgan fingerprint density at radius 3 is 2.77 bits per heavy atom. The number of imidazole rings is 1. The van der Waals surface area contributed by atoms with E-state index < -0.39 is 0 Å². The lowest BCUT2D eigenvalue weighted by Gasteiger charge is -2.11. The maximum Gasteiger partial charge on any atom is 0.191 e. The van der Waals surface area contributed by atoms with Crippen LogP contribution in [0.2, 0.25) is 0 Å². The van der Waals surface area contributed by atoms with E-state index in [0.717, 1.165) is 41.3 Å². The number of nitrogens with one attached hydrogen (secondary N) is 2. The summed E-state index contributed by atoms with van der Waals surface area (Å²) in [5.74, 6) is 1.44. The highest BCUT2D eigenvalue weighted by atomic mass is 19.1. The summed E-state index contributed by atoms with van der Waals surface area (Å²) in [7, 11) is 2.00. The number of aliphatic imine (C=N–C) groups is 1. The fourth-order valence-corrected chi connectivity index (χ4v) is 2.85. The van der Waals surface area contributed by atoms with Crippen LogP contribution in [0, 0.1) is 5.82 Å². The third-order valence-electron chi connectivity index (χ3n) is 4.20. The fourth-order valence-electron chi connectivity index (χ4n) is 2.85. The van der Waals surface area contributed by atoms with Crippen molar-refractivity contribution >= 4 is 17.0 Å². The Labute approximate surface area is 153 Å². The number of fused-ring (bicyclic) bond motifs is 1. The molecule has 0 aliphatic heterocycles. The molecule has 0 fully saturated rings. The molecular weight excluding hydrogens is 329 g/mol. The van der Waals surface area contributed by atoms with E-state index in [4.69, 9.17) is 0 Å². The second-order valence-electron chi connectivity index (χ2n) is 6.08. The monoisotopic (exact) mass is 353 g/mol. The number of aromatic nitrogens is 2. The van der Waals surface area contributed by atoms with Gasteiger partial charge in [-0.1, -0.05) is 24.3 Å². The van der Waals surface area contributed by atoms with E-state index in [1.54, 1.807) is 12.1 Å². The van der Waals surface area contributed by atoms with Gasteiger partial charge in [-0.25, -0.2) is 14.4 Å². The van der Waals surface area contributed by atoms with E-state index in [2.05, 4.69) is 31.2 Å². The van der Waals surface area contributed by atoms with Gasteiger partial charge in [-0.2, -0.15) is 0 Å². The zero-order valence-corrected chi connectivity index (χ0v) is 15.2. The fraction of sp³-hybridized carbons (Fsp3) is 0.300. The standard InChI is InChI=1S/C20H24FN5/c1-3-22-20(23-12-11-15-7-6-8-16(21)13-15)24-14-19-25-17-9-4-5-10-18(17)26(19)2/h4-10,13H,3,11-12,14H2,1-2H3,(H2,22,23,24). The minimum atomic E-state index is -0.204. The van der Waals surface area contributed by atoms with Crippen LogP contribution in [-0.4, -0.2) is 28.6 Å². The number of aryl methyl sites for hydroxylation is 1. The van der Waals surface area contributed by atoms with Gasteiger partial charge in [0.1, 0.15) is 18.2 Å². The van der Waals surface area contributed by atoms with Crippen molar-refractivity contribution in [2.45, 2.75) is 19.9 Å². The zero-order valence-electron chi connectivity index (χ0n) is 15.2. The Bertz CT molecular complexity index is 900. The summed E-state index contributed by atoms with van der Waals surface area (Å²) >= 11 is 0. The van der Waals surface area contributed by atoms with Gasteiger partial charge in [0.15, 0.2) is 5.96 Å². The van der Waals surface area contributed by atoms with Crippen LogP contribution in [0.4, 0.5) is 4.39 Å². The number of hydrogen-bond donors (Lipinski definition) is 2. The molecule has 0 bridgehead atoms. The van der Waals surface area contributed by atoms with Gasteiger partial charge < -0.3 is 15.2 Å². The number of halogens is 1. The summed E-state index contributed by atoms with van der Waals surface area (Å²) in [6.07, 6.45) is 0.731. The Balaban J connectivity index is 1.63. The third-order valence-corrected chi connectivity index (χ3v) is 4.20. The SMILES string of the molecule is CCNC(=NCc1nc2ccccc2n1C)NCCc1cccc(F)c1. The van der Waals surface area contributed by atoms with Crippen LogP contribution in [0.25, 0.3) is 11.0 Å². The molecule has 0 saturated carbocycles. The summed E-state index contributed by atoms with van der Waals surface area (Å²) in [5.41, 5.74) is 3.04. The maximum absolute atomic E-state index is 13.2.